The van der Waals surface area contributed by atoms with E-state index < -0.39 is 0 Å². The summed E-state index contributed by atoms with van der Waals surface area (Å²) in [5.41, 5.74) is 0. The number of nitrogens with zero attached hydrogens (tertiary/aromatic N) is 3. The lowest BCUT2D eigenvalue weighted by Crippen LogP contribution is -2.42. The summed E-state index contributed by atoms with van der Waals surface area (Å²) in [6.45, 7) is 0.721. The van der Waals surface area contributed by atoms with Crippen molar-refractivity contribution in [2.45, 2.75) is 55.1 Å². The van der Waals surface area contributed by atoms with Gasteiger partial charge in [0.1, 0.15) is 11.0 Å². The zero-order valence-electron chi connectivity index (χ0n) is 12.4. The Labute approximate surface area is 133 Å². The number of methoxy groups -OCH3 is 1. The van der Waals surface area contributed by atoms with Crippen LogP contribution in [0.2, 0.25) is 0 Å². The molecule has 0 radical (unpaired) electrons. The van der Waals surface area contributed by atoms with Gasteiger partial charge in [0, 0.05) is 6.04 Å². The Balaban J connectivity index is 1.78. The van der Waals surface area contributed by atoms with E-state index in [9.17, 15) is 4.79 Å². The van der Waals surface area contributed by atoms with Crippen LogP contribution in [0.15, 0.2) is 4.34 Å². The van der Waals surface area contributed by atoms with Crippen molar-refractivity contribution in [1.29, 1.82) is 0 Å². The third-order valence-corrected chi connectivity index (χ3v) is 6.52. The molecule has 1 aromatic rings. The monoisotopic (exact) mass is 327 g/mol. The minimum absolute atomic E-state index is 0.0981. The topological polar surface area (TPSA) is 55.3 Å². The molecule has 2 aliphatic rings. The van der Waals surface area contributed by atoms with Gasteiger partial charge in [0.2, 0.25) is 0 Å². The zero-order chi connectivity index (χ0) is 14.8. The fraction of sp³-hybridized carbons (Fsp3) is 0.786. The minimum Gasteiger partial charge on any atom is -0.468 e. The van der Waals surface area contributed by atoms with Gasteiger partial charge in [-0.25, -0.2) is 0 Å². The standard InChI is InChI=1S/C14H21N3O2S2/c1-19-13(18)11-7-9-5-3-4-6-10(9)17(11)8-12-15-16-14(20-2)21-12/h9-11H,3-8H2,1-2H3. The first-order valence-electron chi connectivity index (χ1n) is 7.43. The van der Waals surface area contributed by atoms with Crippen molar-refractivity contribution in [2.24, 2.45) is 5.92 Å². The molecule has 7 heteroatoms. The molecule has 0 N–H and O–H groups in total. The van der Waals surface area contributed by atoms with Gasteiger partial charge in [-0.05, 0) is 31.4 Å². The van der Waals surface area contributed by atoms with Gasteiger partial charge in [-0.1, -0.05) is 35.9 Å². The molecule has 0 amide bonds. The number of hydrogen-bond donors (Lipinski definition) is 0. The molecule has 5 nitrogen and oxygen atoms in total. The Hall–Kier alpha value is -0.660. The van der Waals surface area contributed by atoms with Crippen molar-refractivity contribution in [3.63, 3.8) is 0 Å². The van der Waals surface area contributed by atoms with E-state index in [1.54, 1.807) is 23.1 Å². The van der Waals surface area contributed by atoms with Gasteiger partial charge in [-0.15, -0.1) is 10.2 Å². The van der Waals surface area contributed by atoms with Crippen molar-refractivity contribution >= 4 is 29.1 Å². The number of likely N-dealkylation sites (tertiary alicyclic amines) is 1. The predicted molar refractivity (Wildman–Crippen MR) is 83.4 cm³/mol. The second-order valence-electron chi connectivity index (χ2n) is 5.72. The largest absolute Gasteiger partial charge is 0.468 e. The number of carbonyl (C=O) groups is 1. The first kappa shape index (κ1) is 15.2. The normalized spacial score (nSPS) is 29.3. The van der Waals surface area contributed by atoms with E-state index in [-0.39, 0.29) is 12.0 Å². The molecule has 2 fully saturated rings. The van der Waals surface area contributed by atoms with Gasteiger partial charge in [0.15, 0.2) is 4.34 Å². The summed E-state index contributed by atoms with van der Waals surface area (Å²) in [6.07, 6.45) is 7.92. The Kier molecular flexibility index (Phi) is 4.81. The van der Waals surface area contributed by atoms with Crippen LogP contribution in [0.3, 0.4) is 0 Å². The molecule has 1 aromatic heterocycles. The lowest BCUT2D eigenvalue weighted by atomic mass is 9.85. The van der Waals surface area contributed by atoms with Gasteiger partial charge in [-0.2, -0.15) is 0 Å². The average molecular weight is 327 g/mol. The quantitative estimate of drug-likeness (QED) is 0.626. The number of thioether (sulfide) groups is 1. The van der Waals surface area contributed by atoms with Crippen LogP contribution in [0.1, 0.15) is 37.1 Å². The van der Waals surface area contributed by atoms with Gasteiger partial charge >= 0.3 is 5.97 Å². The predicted octanol–water partition coefficient (Wildman–Crippen LogP) is 2.57. The molecule has 0 aromatic carbocycles. The smallest absolute Gasteiger partial charge is 0.323 e. The number of rotatable bonds is 4. The van der Waals surface area contributed by atoms with E-state index >= 15 is 0 Å². The molecular weight excluding hydrogens is 306 g/mol. The minimum atomic E-state index is -0.107. The van der Waals surface area contributed by atoms with E-state index in [2.05, 4.69) is 15.1 Å². The second kappa shape index (κ2) is 6.62. The maximum absolute atomic E-state index is 12.1. The van der Waals surface area contributed by atoms with E-state index in [1.165, 1.54) is 32.8 Å². The van der Waals surface area contributed by atoms with E-state index in [1.807, 2.05) is 6.26 Å². The second-order valence-corrected chi connectivity index (χ2v) is 7.84. The third kappa shape index (κ3) is 3.10. The van der Waals surface area contributed by atoms with Crippen molar-refractivity contribution in [3.8, 4) is 0 Å². The summed E-state index contributed by atoms with van der Waals surface area (Å²) in [4.78, 5) is 14.4. The number of carbonyl (C=O) groups excluding carboxylic acids is 1. The highest BCUT2D eigenvalue weighted by atomic mass is 32.2. The van der Waals surface area contributed by atoms with Crippen molar-refractivity contribution in [1.82, 2.24) is 15.1 Å². The van der Waals surface area contributed by atoms with Crippen LogP contribution in [0.4, 0.5) is 0 Å². The molecule has 116 valence electrons. The first-order valence-corrected chi connectivity index (χ1v) is 9.47. The first-order chi connectivity index (χ1) is 10.2. The lowest BCUT2D eigenvalue weighted by molar-refractivity contribution is -0.146. The summed E-state index contributed by atoms with van der Waals surface area (Å²) in [7, 11) is 1.49. The van der Waals surface area contributed by atoms with Gasteiger partial charge < -0.3 is 4.74 Å². The van der Waals surface area contributed by atoms with Crippen molar-refractivity contribution in [2.75, 3.05) is 13.4 Å². The lowest BCUT2D eigenvalue weighted by Gasteiger charge is -2.32. The molecule has 2 heterocycles. The van der Waals surface area contributed by atoms with Crippen LogP contribution in [0.25, 0.3) is 0 Å². The van der Waals surface area contributed by atoms with Crippen molar-refractivity contribution in [3.05, 3.63) is 5.01 Å². The molecule has 1 saturated heterocycles. The molecule has 1 aliphatic carbocycles. The Morgan fingerprint density at radius 3 is 2.95 bits per heavy atom. The molecule has 0 spiro atoms. The highest BCUT2D eigenvalue weighted by Gasteiger charge is 2.45. The number of esters is 1. The number of aromatic nitrogens is 2. The van der Waals surface area contributed by atoms with Crippen LogP contribution in [0.5, 0.6) is 0 Å². The summed E-state index contributed by atoms with van der Waals surface area (Å²) in [5, 5.41) is 9.42. The molecule has 21 heavy (non-hydrogen) atoms. The zero-order valence-corrected chi connectivity index (χ0v) is 14.1. The third-order valence-electron chi connectivity index (χ3n) is 4.64. The Bertz CT molecular complexity index is 508. The molecular formula is C14H21N3O2S2. The van der Waals surface area contributed by atoms with Crippen molar-refractivity contribution < 1.29 is 9.53 Å². The molecule has 1 aliphatic heterocycles. The summed E-state index contributed by atoms with van der Waals surface area (Å²) < 4.78 is 6.00. The molecule has 3 rings (SSSR count). The molecule has 3 atom stereocenters. The van der Waals surface area contributed by atoms with Gasteiger partial charge in [-0.3, -0.25) is 9.69 Å². The summed E-state index contributed by atoms with van der Waals surface area (Å²) in [5.74, 6) is 0.537. The molecule has 0 bridgehead atoms. The van der Waals surface area contributed by atoms with E-state index in [4.69, 9.17) is 4.74 Å². The fourth-order valence-corrected chi connectivity index (χ4v) is 5.01. The fourth-order valence-electron chi connectivity index (χ4n) is 3.69. The number of ether oxygens (including phenoxy) is 1. The Morgan fingerprint density at radius 1 is 1.43 bits per heavy atom. The summed E-state index contributed by atoms with van der Waals surface area (Å²) in [6, 6.07) is 0.397. The van der Waals surface area contributed by atoms with Crippen LogP contribution < -0.4 is 0 Å². The number of hydrogen-bond acceptors (Lipinski definition) is 7. The highest BCUT2D eigenvalue weighted by Crippen LogP contribution is 2.41. The molecule has 1 saturated carbocycles. The van der Waals surface area contributed by atoms with Crippen LogP contribution in [-0.2, 0) is 16.1 Å². The Morgan fingerprint density at radius 2 is 2.24 bits per heavy atom. The van der Waals surface area contributed by atoms with Crippen LogP contribution >= 0.6 is 23.1 Å². The average Bonchev–Trinajstić information content (AvgIpc) is 3.12. The van der Waals surface area contributed by atoms with E-state index in [0.29, 0.717) is 12.0 Å². The van der Waals surface area contributed by atoms with Crippen LogP contribution in [-0.4, -0.2) is 46.5 Å². The van der Waals surface area contributed by atoms with Gasteiger partial charge in [0.05, 0.1) is 13.7 Å². The number of fused-ring (bicyclic) bond motifs is 1. The highest BCUT2D eigenvalue weighted by molar-refractivity contribution is 8.00. The maximum atomic E-state index is 12.1. The maximum Gasteiger partial charge on any atom is 0.323 e. The SMILES string of the molecule is COC(=O)C1CC2CCCCC2N1Cc1nnc(SC)s1. The molecule has 3 unspecified atom stereocenters. The van der Waals surface area contributed by atoms with Gasteiger partial charge in [0.25, 0.3) is 0 Å². The summed E-state index contributed by atoms with van der Waals surface area (Å²) >= 11 is 3.24. The van der Waals surface area contributed by atoms with Crippen LogP contribution in [0, 0.1) is 5.92 Å². The van der Waals surface area contributed by atoms with E-state index in [0.717, 1.165) is 22.3 Å².